The van der Waals surface area contributed by atoms with Crippen LogP contribution in [0.5, 0.6) is 0 Å². The summed E-state index contributed by atoms with van der Waals surface area (Å²) < 4.78 is 25.5. The quantitative estimate of drug-likeness (QED) is 0.749. The Morgan fingerprint density at radius 1 is 1.43 bits per heavy atom. The Morgan fingerprint density at radius 2 is 2.00 bits per heavy atom. The summed E-state index contributed by atoms with van der Waals surface area (Å²) in [6.07, 6.45) is 3.25. The molecule has 1 heterocycles. The van der Waals surface area contributed by atoms with E-state index in [1.807, 2.05) is 20.8 Å². The summed E-state index contributed by atoms with van der Waals surface area (Å²) in [7, 11) is -3.28. The van der Waals surface area contributed by atoms with E-state index in [4.69, 9.17) is 0 Å². The SMILES string of the molecule is CCC(CC(C)(C)NS(C)(=O)=O)C(=O)C1CC(C)(C)CN1. The molecule has 2 atom stereocenters. The molecular formula is C15H30N2O3S. The number of carbonyl (C=O) groups is 1. The highest BCUT2D eigenvalue weighted by atomic mass is 32.2. The van der Waals surface area contributed by atoms with Gasteiger partial charge in [0.2, 0.25) is 10.0 Å². The number of rotatable bonds is 7. The number of sulfonamides is 1. The second-order valence-electron chi connectivity index (χ2n) is 7.77. The van der Waals surface area contributed by atoms with Crippen LogP contribution in [0, 0.1) is 11.3 Å². The van der Waals surface area contributed by atoms with Gasteiger partial charge >= 0.3 is 0 Å². The Morgan fingerprint density at radius 3 is 2.38 bits per heavy atom. The minimum Gasteiger partial charge on any atom is -0.307 e. The Balaban J connectivity index is 2.73. The van der Waals surface area contributed by atoms with Gasteiger partial charge in [0.1, 0.15) is 0 Å². The first-order valence-electron chi connectivity index (χ1n) is 7.61. The molecule has 1 aliphatic heterocycles. The van der Waals surface area contributed by atoms with E-state index in [-0.39, 0.29) is 23.2 Å². The average Bonchev–Trinajstić information content (AvgIpc) is 2.62. The van der Waals surface area contributed by atoms with E-state index < -0.39 is 15.6 Å². The lowest BCUT2D eigenvalue weighted by Crippen LogP contribution is -2.46. The molecular weight excluding hydrogens is 288 g/mol. The minimum absolute atomic E-state index is 0.0982. The molecule has 2 N–H and O–H groups in total. The number of ketones is 1. The van der Waals surface area contributed by atoms with Crippen molar-refractivity contribution in [1.29, 1.82) is 0 Å². The van der Waals surface area contributed by atoms with Gasteiger partial charge in [-0.15, -0.1) is 0 Å². The summed E-state index contributed by atoms with van der Waals surface area (Å²) in [5, 5.41) is 3.31. The van der Waals surface area contributed by atoms with E-state index in [0.717, 1.165) is 25.6 Å². The predicted octanol–water partition coefficient (Wildman–Crippen LogP) is 1.69. The molecule has 0 aromatic rings. The van der Waals surface area contributed by atoms with Crippen molar-refractivity contribution in [3.63, 3.8) is 0 Å². The van der Waals surface area contributed by atoms with Crippen LogP contribution in [0.15, 0.2) is 0 Å². The summed E-state index contributed by atoms with van der Waals surface area (Å²) in [5.74, 6) is 0.0899. The summed E-state index contributed by atoms with van der Waals surface area (Å²) >= 11 is 0. The van der Waals surface area contributed by atoms with Gasteiger partial charge in [-0.1, -0.05) is 20.8 Å². The Kier molecular flexibility index (Phi) is 5.61. The Labute approximate surface area is 129 Å². The third-order valence-corrected chi connectivity index (χ3v) is 4.96. The lowest BCUT2D eigenvalue weighted by molar-refractivity contribution is -0.125. The van der Waals surface area contributed by atoms with Crippen molar-refractivity contribution in [2.75, 3.05) is 12.8 Å². The maximum absolute atomic E-state index is 12.7. The zero-order chi connectivity index (χ0) is 16.5. The molecule has 0 radical (unpaired) electrons. The van der Waals surface area contributed by atoms with Crippen LogP contribution < -0.4 is 10.0 Å². The van der Waals surface area contributed by atoms with Gasteiger partial charge in [0.05, 0.1) is 12.3 Å². The monoisotopic (exact) mass is 318 g/mol. The smallest absolute Gasteiger partial charge is 0.209 e. The average molecular weight is 318 g/mol. The van der Waals surface area contributed by atoms with E-state index in [9.17, 15) is 13.2 Å². The lowest BCUT2D eigenvalue weighted by atomic mass is 9.82. The maximum Gasteiger partial charge on any atom is 0.209 e. The van der Waals surface area contributed by atoms with Crippen molar-refractivity contribution in [2.45, 2.75) is 65.5 Å². The van der Waals surface area contributed by atoms with Gasteiger partial charge in [-0.3, -0.25) is 4.79 Å². The van der Waals surface area contributed by atoms with Gasteiger partial charge < -0.3 is 5.32 Å². The van der Waals surface area contributed by atoms with Gasteiger partial charge in [0, 0.05) is 18.0 Å². The van der Waals surface area contributed by atoms with Gasteiger partial charge in [-0.05, 0) is 38.5 Å². The van der Waals surface area contributed by atoms with Crippen molar-refractivity contribution in [3.8, 4) is 0 Å². The molecule has 6 heteroatoms. The standard InChI is InChI=1S/C15H30N2O3S/c1-7-11(8-15(4,5)17-21(6,19)20)13(18)12-9-14(2,3)10-16-12/h11-12,16-17H,7-10H2,1-6H3. The van der Waals surface area contributed by atoms with Crippen LogP contribution in [0.25, 0.3) is 0 Å². The molecule has 0 amide bonds. The van der Waals surface area contributed by atoms with Crippen LogP contribution in [-0.2, 0) is 14.8 Å². The molecule has 124 valence electrons. The largest absolute Gasteiger partial charge is 0.307 e. The van der Waals surface area contributed by atoms with Crippen LogP contribution in [-0.4, -0.2) is 38.6 Å². The molecule has 0 aromatic carbocycles. The normalized spacial score (nSPS) is 24.0. The number of hydrogen-bond donors (Lipinski definition) is 2. The fourth-order valence-corrected chi connectivity index (χ4v) is 4.27. The van der Waals surface area contributed by atoms with Crippen LogP contribution >= 0.6 is 0 Å². The van der Waals surface area contributed by atoms with Crippen LogP contribution in [0.4, 0.5) is 0 Å². The second-order valence-corrected chi connectivity index (χ2v) is 9.52. The first-order chi connectivity index (χ1) is 9.35. The molecule has 2 unspecified atom stereocenters. The lowest BCUT2D eigenvalue weighted by Gasteiger charge is -2.30. The molecule has 21 heavy (non-hydrogen) atoms. The summed E-state index contributed by atoms with van der Waals surface area (Å²) in [6.45, 7) is 10.8. The highest BCUT2D eigenvalue weighted by molar-refractivity contribution is 7.88. The molecule has 0 saturated carbocycles. The van der Waals surface area contributed by atoms with Gasteiger partial charge in [0.15, 0.2) is 5.78 Å². The highest BCUT2D eigenvalue weighted by Gasteiger charge is 2.38. The molecule has 1 fully saturated rings. The van der Waals surface area contributed by atoms with Gasteiger partial charge in [0.25, 0.3) is 0 Å². The van der Waals surface area contributed by atoms with Crippen molar-refractivity contribution in [3.05, 3.63) is 0 Å². The minimum atomic E-state index is -3.28. The highest BCUT2D eigenvalue weighted by Crippen LogP contribution is 2.31. The van der Waals surface area contributed by atoms with Crippen molar-refractivity contribution < 1.29 is 13.2 Å². The van der Waals surface area contributed by atoms with E-state index in [1.165, 1.54) is 0 Å². The summed E-state index contributed by atoms with van der Waals surface area (Å²) in [4.78, 5) is 12.7. The first-order valence-corrected chi connectivity index (χ1v) is 9.50. The van der Waals surface area contributed by atoms with Crippen molar-refractivity contribution in [2.24, 2.45) is 11.3 Å². The van der Waals surface area contributed by atoms with Crippen LogP contribution in [0.2, 0.25) is 0 Å². The van der Waals surface area contributed by atoms with E-state index in [1.54, 1.807) is 0 Å². The zero-order valence-corrected chi connectivity index (χ0v) is 14.9. The molecule has 0 aliphatic carbocycles. The van der Waals surface area contributed by atoms with Crippen LogP contribution in [0.3, 0.4) is 0 Å². The summed E-state index contributed by atoms with van der Waals surface area (Å²) in [5.41, 5.74) is -0.461. The maximum atomic E-state index is 12.7. The second kappa shape index (κ2) is 6.34. The zero-order valence-electron chi connectivity index (χ0n) is 14.1. The Hall–Kier alpha value is -0.460. The topological polar surface area (TPSA) is 75.3 Å². The molecule has 1 saturated heterocycles. The van der Waals surface area contributed by atoms with Crippen LogP contribution in [0.1, 0.15) is 53.9 Å². The fraction of sp³-hybridized carbons (Fsp3) is 0.933. The van der Waals surface area contributed by atoms with Gasteiger partial charge in [-0.25, -0.2) is 13.1 Å². The fourth-order valence-electron chi connectivity index (χ4n) is 3.19. The number of nitrogens with one attached hydrogen (secondary N) is 2. The molecule has 0 spiro atoms. The molecule has 1 aliphatic rings. The van der Waals surface area contributed by atoms with Crippen molar-refractivity contribution in [1.82, 2.24) is 10.0 Å². The third-order valence-electron chi connectivity index (χ3n) is 4.04. The van der Waals surface area contributed by atoms with Gasteiger partial charge in [-0.2, -0.15) is 0 Å². The first kappa shape index (κ1) is 18.6. The van der Waals surface area contributed by atoms with E-state index in [2.05, 4.69) is 23.9 Å². The molecule has 1 rings (SSSR count). The number of hydrogen-bond acceptors (Lipinski definition) is 4. The predicted molar refractivity (Wildman–Crippen MR) is 85.7 cm³/mol. The number of Topliss-reactive ketones (excluding diaryl/α,β-unsaturated/α-hetero) is 1. The molecule has 5 nitrogen and oxygen atoms in total. The van der Waals surface area contributed by atoms with E-state index >= 15 is 0 Å². The van der Waals surface area contributed by atoms with E-state index in [0.29, 0.717) is 6.42 Å². The third kappa shape index (κ3) is 6.04. The van der Waals surface area contributed by atoms with Crippen molar-refractivity contribution >= 4 is 15.8 Å². The Bertz CT molecular complexity index is 483. The molecule has 0 aromatic heterocycles. The molecule has 0 bridgehead atoms. The summed E-state index contributed by atoms with van der Waals surface area (Å²) in [6, 6.07) is -0.0982. The number of carbonyl (C=O) groups excluding carboxylic acids is 1.